The van der Waals surface area contributed by atoms with E-state index in [2.05, 4.69) is 0 Å². The van der Waals surface area contributed by atoms with E-state index < -0.39 is 0 Å². The smallest absolute Gasteiger partial charge is 0.0702 e. The van der Waals surface area contributed by atoms with E-state index in [4.69, 9.17) is 11.6 Å². The van der Waals surface area contributed by atoms with Crippen LogP contribution >= 0.6 is 11.6 Å². The van der Waals surface area contributed by atoms with E-state index in [0.29, 0.717) is 11.4 Å². The van der Waals surface area contributed by atoms with Crippen LogP contribution in [-0.2, 0) is 6.61 Å². The summed E-state index contributed by atoms with van der Waals surface area (Å²) in [7, 11) is 1.92. The Kier molecular flexibility index (Phi) is 5.06. The fraction of sp³-hybridized carbons (Fsp3) is 0.500. The van der Waals surface area contributed by atoms with E-state index in [1.165, 1.54) is 0 Å². The van der Waals surface area contributed by atoms with E-state index in [0.717, 1.165) is 17.8 Å². The van der Waals surface area contributed by atoms with Gasteiger partial charge in [-0.15, -0.1) is 0 Å². The molecule has 0 aliphatic carbocycles. The van der Waals surface area contributed by atoms with Crippen LogP contribution in [0, 0.1) is 0 Å². The molecule has 4 heteroatoms. The molecule has 3 nitrogen and oxygen atoms in total. The lowest BCUT2D eigenvalue weighted by Crippen LogP contribution is -2.23. The highest BCUT2D eigenvalue weighted by Crippen LogP contribution is 2.24. The van der Waals surface area contributed by atoms with E-state index in [1.54, 1.807) is 13.0 Å². The first kappa shape index (κ1) is 13.3. The van der Waals surface area contributed by atoms with Crippen molar-refractivity contribution in [1.29, 1.82) is 0 Å². The fourth-order valence-corrected chi connectivity index (χ4v) is 1.69. The molecule has 0 saturated heterocycles. The van der Waals surface area contributed by atoms with Crippen LogP contribution in [0.5, 0.6) is 0 Å². The average Bonchev–Trinajstić information content (AvgIpc) is 2.25. The monoisotopic (exact) mass is 243 g/mol. The zero-order valence-electron chi connectivity index (χ0n) is 9.65. The summed E-state index contributed by atoms with van der Waals surface area (Å²) >= 11 is 5.92. The maximum Gasteiger partial charge on any atom is 0.0702 e. The first-order valence-corrected chi connectivity index (χ1v) is 5.71. The molecule has 90 valence electrons. The predicted molar refractivity (Wildman–Crippen MR) is 66.9 cm³/mol. The first-order chi connectivity index (χ1) is 7.54. The van der Waals surface area contributed by atoms with Crippen molar-refractivity contribution < 1.29 is 10.2 Å². The highest BCUT2D eigenvalue weighted by molar-refractivity contribution is 6.30. The number of nitrogens with zero attached hydrogens (tertiary/aromatic N) is 1. The van der Waals surface area contributed by atoms with Gasteiger partial charge < -0.3 is 15.1 Å². The number of anilines is 1. The van der Waals surface area contributed by atoms with E-state index >= 15 is 0 Å². The Morgan fingerprint density at radius 3 is 2.69 bits per heavy atom. The fourth-order valence-electron chi connectivity index (χ4n) is 1.53. The van der Waals surface area contributed by atoms with Gasteiger partial charge in [0.2, 0.25) is 0 Å². The number of halogens is 1. The normalized spacial score (nSPS) is 12.6. The summed E-state index contributed by atoms with van der Waals surface area (Å²) in [6, 6.07) is 5.41. The van der Waals surface area contributed by atoms with Crippen LogP contribution in [0.25, 0.3) is 0 Å². The van der Waals surface area contributed by atoms with Gasteiger partial charge in [-0.2, -0.15) is 0 Å². The Labute approximate surface area is 101 Å². The molecule has 0 bridgehead atoms. The molecule has 0 aromatic heterocycles. The average molecular weight is 244 g/mol. The number of benzene rings is 1. The van der Waals surface area contributed by atoms with Crippen LogP contribution in [0.4, 0.5) is 5.69 Å². The third kappa shape index (κ3) is 3.67. The van der Waals surface area contributed by atoms with Crippen molar-refractivity contribution in [1.82, 2.24) is 0 Å². The second kappa shape index (κ2) is 6.09. The Balaban J connectivity index is 2.80. The van der Waals surface area contributed by atoms with Crippen molar-refractivity contribution >= 4 is 17.3 Å². The molecule has 2 N–H and O–H groups in total. The van der Waals surface area contributed by atoms with Gasteiger partial charge >= 0.3 is 0 Å². The van der Waals surface area contributed by atoms with Gasteiger partial charge in [-0.05, 0) is 25.5 Å². The van der Waals surface area contributed by atoms with Crippen LogP contribution in [-0.4, -0.2) is 29.9 Å². The molecule has 1 atom stereocenters. The quantitative estimate of drug-likeness (QED) is 0.832. The van der Waals surface area contributed by atoms with Crippen LogP contribution in [0.2, 0.25) is 5.02 Å². The summed E-state index contributed by atoms with van der Waals surface area (Å²) in [6.07, 6.45) is 0.368. The highest BCUT2D eigenvalue weighted by atomic mass is 35.5. The molecule has 1 aromatic carbocycles. The number of hydrogen-bond acceptors (Lipinski definition) is 3. The Morgan fingerprint density at radius 2 is 2.12 bits per heavy atom. The maximum absolute atomic E-state index is 9.23. The number of aliphatic hydroxyl groups is 2. The number of hydrogen-bond donors (Lipinski definition) is 2. The molecule has 0 amide bonds. The van der Waals surface area contributed by atoms with Crippen LogP contribution in [0.15, 0.2) is 18.2 Å². The zero-order valence-corrected chi connectivity index (χ0v) is 10.4. The SMILES string of the molecule is CC(O)CCN(C)c1cc(Cl)ccc1CO. The summed E-state index contributed by atoms with van der Waals surface area (Å²) in [5, 5.41) is 19.1. The lowest BCUT2D eigenvalue weighted by Gasteiger charge is -2.22. The third-order valence-corrected chi connectivity index (χ3v) is 2.75. The molecule has 0 heterocycles. The zero-order chi connectivity index (χ0) is 12.1. The topological polar surface area (TPSA) is 43.7 Å². The Morgan fingerprint density at radius 1 is 1.44 bits per heavy atom. The second-order valence-corrected chi connectivity index (χ2v) is 4.43. The van der Waals surface area contributed by atoms with Crippen LogP contribution in [0.3, 0.4) is 0 Å². The molecule has 0 spiro atoms. The van der Waals surface area contributed by atoms with Gasteiger partial charge in [0, 0.05) is 29.9 Å². The van der Waals surface area contributed by atoms with Crippen molar-refractivity contribution in [2.24, 2.45) is 0 Å². The van der Waals surface area contributed by atoms with Gasteiger partial charge in [-0.25, -0.2) is 0 Å². The summed E-state index contributed by atoms with van der Waals surface area (Å²) in [6.45, 7) is 2.48. The summed E-state index contributed by atoms with van der Waals surface area (Å²) < 4.78 is 0. The molecule has 16 heavy (non-hydrogen) atoms. The van der Waals surface area contributed by atoms with E-state index in [1.807, 2.05) is 24.1 Å². The second-order valence-electron chi connectivity index (χ2n) is 3.99. The van der Waals surface area contributed by atoms with Crippen molar-refractivity contribution in [2.75, 3.05) is 18.5 Å². The number of aliphatic hydroxyl groups excluding tert-OH is 2. The molecule has 1 rings (SSSR count). The van der Waals surface area contributed by atoms with Gasteiger partial charge in [0.1, 0.15) is 0 Å². The standard InChI is InChI=1S/C12H18ClNO2/c1-9(16)5-6-14(2)12-7-11(13)4-3-10(12)8-15/h3-4,7,9,15-16H,5-6,8H2,1-2H3. The summed E-state index contributed by atoms with van der Waals surface area (Å²) in [5.41, 5.74) is 1.76. The molecule has 0 aliphatic rings. The van der Waals surface area contributed by atoms with Crippen molar-refractivity contribution in [3.63, 3.8) is 0 Å². The van der Waals surface area contributed by atoms with Crippen molar-refractivity contribution in [3.8, 4) is 0 Å². The van der Waals surface area contributed by atoms with Gasteiger partial charge in [0.05, 0.1) is 12.7 Å². The molecule has 0 fully saturated rings. The minimum Gasteiger partial charge on any atom is -0.393 e. The maximum atomic E-state index is 9.23. The van der Waals surface area contributed by atoms with Gasteiger partial charge in [0.25, 0.3) is 0 Å². The summed E-state index contributed by atoms with van der Waals surface area (Å²) in [4.78, 5) is 1.99. The van der Waals surface area contributed by atoms with Crippen molar-refractivity contribution in [3.05, 3.63) is 28.8 Å². The first-order valence-electron chi connectivity index (χ1n) is 5.33. The Bertz CT molecular complexity index is 342. The minimum atomic E-state index is -0.320. The van der Waals surface area contributed by atoms with E-state index in [-0.39, 0.29) is 12.7 Å². The lowest BCUT2D eigenvalue weighted by molar-refractivity contribution is 0.187. The van der Waals surface area contributed by atoms with Gasteiger partial charge in [-0.3, -0.25) is 0 Å². The predicted octanol–water partition coefficient (Wildman–Crippen LogP) is 2.04. The summed E-state index contributed by atoms with van der Waals surface area (Å²) in [5.74, 6) is 0. The van der Waals surface area contributed by atoms with Gasteiger partial charge in [0.15, 0.2) is 0 Å². The third-order valence-electron chi connectivity index (χ3n) is 2.51. The molecular weight excluding hydrogens is 226 g/mol. The highest BCUT2D eigenvalue weighted by Gasteiger charge is 2.08. The molecule has 0 radical (unpaired) electrons. The molecule has 1 aromatic rings. The largest absolute Gasteiger partial charge is 0.393 e. The van der Waals surface area contributed by atoms with E-state index in [9.17, 15) is 10.2 Å². The molecule has 0 aliphatic heterocycles. The molecule has 1 unspecified atom stereocenters. The van der Waals surface area contributed by atoms with Crippen molar-refractivity contribution in [2.45, 2.75) is 26.1 Å². The number of rotatable bonds is 5. The van der Waals surface area contributed by atoms with Gasteiger partial charge in [-0.1, -0.05) is 17.7 Å². The molecule has 0 saturated carbocycles. The van der Waals surface area contributed by atoms with Crippen LogP contribution in [0.1, 0.15) is 18.9 Å². The molecular formula is C12H18ClNO2. The Hall–Kier alpha value is -0.770. The minimum absolute atomic E-state index is 0.00841. The van der Waals surface area contributed by atoms with Crippen LogP contribution < -0.4 is 4.90 Å². The lowest BCUT2D eigenvalue weighted by atomic mass is 10.1.